The van der Waals surface area contributed by atoms with Crippen molar-refractivity contribution in [3.8, 4) is 0 Å². The number of benzene rings is 2. The number of carbonyl (C=O) groups excluding carboxylic acids is 1. The minimum Gasteiger partial charge on any atom is -0.384 e. The third kappa shape index (κ3) is 4.82. The molecule has 7 nitrogen and oxygen atoms in total. The van der Waals surface area contributed by atoms with E-state index < -0.39 is 16.1 Å². The molecular weight excluding hydrogens is 328 g/mol. The number of carbonyl (C=O) groups is 1. The number of hydrogen-bond donors (Lipinski definition) is 3. The largest absolute Gasteiger partial charge is 0.384 e. The zero-order valence-corrected chi connectivity index (χ0v) is 13.9. The topological polar surface area (TPSA) is 116 Å². The highest BCUT2D eigenvalue weighted by Crippen LogP contribution is 2.18. The molecular formula is C16H18N4O3S. The molecule has 0 fully saturated rings. The fourth-order valence-electron chi connectivity index (χ4n) is 2.12. The van der Waals surface area contributed by atoms with Gasteiger partial charge in [0.15, 0.2) is 0 Å². The molecule has 0 heterocycles. The highest BCUT2D eigenvalue weighted by Gasteiger charge is 2.19. The Labute approximate surface area is 140 Å². The van der Waals surface area contributed by atoms with Crippen LogP contribution in [0, 0.1) is 5.41 Å². The first kappa shape index (κ1) is 17.5. The van der Waals surface area contributed by atoms with Crippen LogP contribution in [0.15, 0.2) is 54.6 Å². The monoisotopic (exact) mass is 346 g/mol. The molecule has 0 atom stereocenters. The van der Waals surface area contributed by atoms with Gasteiger partial charge in [-0.2, -0.15) is 0 Å². The molecule has 4 N–H and O–H groups in total. The van der Waals surface area contributed by atoms with Crippen molar-refractivity contribution in [2.24, 2.45) is 5.73 Å². The summed E-state index contributed by atoms with van der Waals surface area (Å²) < 4.78 is 24.7. The Morgan fingerprint density at radius 3 is 2.42 bits per heavy atom. The van der Waals surface area contributed by atoms with Crippen molar-refractivity contribution < 1.29 is 13.2 Å². The highest BCUT2D eigenvalue weighted by atomic mass is 32.2. The second-order valence-corrected chi connectivity index (χ2v) is 6.96. The Morgan fingerprint density at radius 2 is 1.83 bits per heavy atom. The molecule has 0 saturated heterocycles. The number of amides is 2. The zero-order valence-electron chi connectivity index (χ0n) is 13.1. The maximum absolute atomic E-state index is 12.4. The van der Waals surface area contributed by atoms with Crippen LogP contribution in [0.4, 0.5) is 10.5 Å². The van der Waals surface area contributed by atoms with Gasteiger partial charge in [0.05, 0.1) is 12.8 Å². The zero-order chi connectivity index (χ0) is 17.7. The van der Waals surface area contributed by atoms with Crippen LogP contribution in [0.3, 0.4) is 0 Å². The maximum Gasteiger partial charge on any atom is 0.335 e. The molecule has 2 aromatic carbocycles. The molecule has 0 aromatic heterocycles. The number of nitrogens with two attached hydrogens (primary N) is 1. The van der Waals surface area contributed by atoms with E-state index in [2.05, 4.69) is 0 Å². The number of amidine groups is 1. The van der Waals surface area contributed by atoms with Gasteiger partial charge in [-0.1, -0.05) is 36.4 Å². The molecule has 0 bridgehead atoms. The fourth-order valence-corrected chi connectivity index (χ4v) is 2.55. The summed E-state index contributed by atoms with van der Waals surface area (Å²) in [6.45, 7) is 0.131. The predicted octanol–water partition coefficient (Wildman–Crippen LogP) is 1.65. The first-order valence-electron chi connectivity index (χ1n) is 7.04. The van der Waals surface area contributed by atoms with Crippen LogP contribution >= 0.6 is 0 Å². The van der Waals surface area contributed by atoms with Gasteiger partial charge in [-0.3, -0.25) is 10.3 Å². The van der Waals surface area contributed by atoms with E-state index in [4.69, 9.17) is 11.1 Å². The van der Waals surface area contributed by atoms with Crippen LogP contribution in [0.5, 0.6) is 0 Å². The van der Waals surface area contributed by atoms with Crippen LogP contribution < -0.4 is 15.4 Å². The average Bonchev–Trinajstić information content (AvgIpc) is 2.52. The van der Waals surface area contributed by atoms with Crippen LogP contribution in [-0.4, -0.2) is 26.5 Å². The minimum atomic E-state index is -3.69. The first-order chi connectivity index (χ1) is 11.3. The molecule has 2 aromatic rings. The minimum absolute atomic E-state index is 0.0799. The second kappa shape index (κ2) is 7.14. The van der Waals surface area contributed by atoms with Crippen molar-refractivity contribution >= 4 is 27.6 Å². The first-order valence-corrected chi connectivity index (χ1v) is 8.93. The molecule has 0 saturated carbocycles. The number of rotatable bonds is 5. The summed E-state index contributed by atoms with van der Waals surface area (Å²) in [7, 11) is -3.69. The molecule has 2 rings (SSSR count). The van der Waals surface area contributed by atoms with Gasteiger partial charge >= 0.3 is 6.03 Å². The van der Waals surface area contributed by atoms with Crippen molar-refractivity contribution in [3.05, 3.63) is 65.7 Å². The number of anilines is 1. The van der Waals surface area contributed by atoms with Crippen LogP contribution in [0.2, 0.25) is 0 Å². The number of nitrogens with one attached hydrogen (secondary N) is 2. The Kier molecular flexibility index (Phi) is 5.20. The van der Waals surface area contributed by atoms with Gasteiger partial charge < -0.3 is 5.73 Å². The Morgan fingerprint density at radius 1 is 1.17 bits per heavy atom. The van der Waals surface area contributed by atoms with Gasteiger partial charge in [-0.05, 0) is 23.8 Å². The highest BCUT2D eigenvalue weighted by molar-refractivity contribution is 7.89. The van der Waals surface area contributed by atoms with Crippen LogP contribution in [0.25, 0.3) is 0 Å². The molecule has 0 radical (unpaired) electrons. The maximum atomic E-state index is 12.4. The van der Waals surface area contributed by atoms with E-state index in [-0.39, 0.29) is 12.4 Å². The van der Waals surface area contributed by atoms with Crippen molar-refractivity contribution in [2.45, 2.75) is 6.54 Å². The lowest BCUT2D eigenvalue weighted by Crippen LogP contribution is -2.42. The molecule has 0 aliphatic rings. The third-order valence-electron chi connectivity index (χ3n) is 3.16. The normalized spacial score (nSPS) is 10.9. The molecule has 8 heteroatoms. The van der Waals surface area contributed by atoms with Crippen molar-refractivity contribution in [3.63, 3.8) is 0 Å². The van der Waals surface area contributed by atoms with Gasteiger partial charge in [0.25, 0.3) is 0 Å². The number of sulfonamides is 1. The SMILES string of the molecule is CS(=O)(=O)NC(=O)N(Cc1cccc(C(=N)N)c1)c1ccccc1. The summed E-state index contributed by atoms with van der Waals surface area (Å²) in [5.41, 5.74) is 7.28. The van der Waals surface area contributed by atoms with Gasteiger partial charge in [0, 0.05) is 11.3 Å². The van der Waals surface area contributed by atoms with Crippen LogP contribution in [0.1, 0.15) is 11.1 Å². The molecule has 0 aliphatic carbocycles. The van der Waals surface area contributed by atoms with Gasteiger partial charge in [0.1, 0.15) is 5.84 Å². The molecule has 0 aliphatic heterocycles. The quantitative estimate of drug-likeness (QED) is 0.563. The Bertz CT molecular complexity index is 851. The second-order valence-electron chi connectivity index (χ2n) is 5.22. The van der Waals surface area contributed by atoms with Gasteiger partial charge in [-0.15, -0.1) is 0 Å². The van der Waals surface area contributed by atoms with Gasteiger partial charge in [-0.25, -0.2) is 17.9 Å². The summed E-state index contributed by atoms with van der Waals surface area (Å²) in [6, 6.07) is 14.8. The van der Waals surface area contributed by atoms with E-state index in [1.807, 2.05) is 4.72 Å². The molecule has 24 heavy (non-hydrogen) atoms. The number of hydrogen-bond acceptors (Lipinski definition) is 4. The lowest BCUT2D eigenvalue weighted by atomic mass is 10.1. The van der Waals surface area contributed by atoms with E-state index in [9.17, 15) is 13.2 Å². The molecule has 0 spiro atoms. The fraction of sp³-hybridized carbons (Fsp3) is 0.125. The Balaban J connectivity index is 2.35. The summed E-state index contributed by atoms with van der Waals surface area (Å²) >= 11 is 0. The summed E-state index contributed by atoms with van der Waals surface area (Å²) in [5.74, 6) is -0.0799. The number of urea groups is 1. The summed E-state index contributed by atoms with van der Waals surface area (Å²) in [6.07, 6.45) is 0.921. The number of nitrogens with zero attached hydrogens (tertiary/aromatic N) is 1. The standard InChI is InChI=1S/C16H18N4O3S/c1-24(22,23)19-16(21)20(14-8-3-2-4-9-14)11-12-6-5-7-13(10-12)15(17)18/h2-10H,11H2,1H3,(H3,17,18)(H,19,21). The number of para-hydroxylation sites is 1. The smallest absolute Gasteiger partial charge is 0.335 e. The van der Waals surface area contributed by atoms with Crippen LogP contribution in [-0.2, 0) is 16.6 Å². The molecule has 0 unspecified atom stereocenters. The number of nitrogen functional groups attached to an aromatic ring is 1. The van der Waals surface area contributed by atoms with E-state index in [1.165, 1.54) is 4.90 Å². The molecule has 2 amide bonds. The predicted molar refractivity (Wildman–Crippen MR) is 93.5 cm³/mol. The van der Waals surface area contributed by atoms with E-state index >= 15 is 0 Å². The third-order valence-corrected chi connectivity index (χ3v) is 3.71. The lowest BCUT2D eigenvalue weighted by molar-refractivity contribution is 0.250. The summed E-state index contributed by atoms with van der Waals surface area (Å²) in [4.78, 5) is 13.7. The van der Waals surface area contributed by atoms with Crippen molar-refractivity contribution in [1.82, 2.24) is 4.72 Å². The van der Waals surface area contributed by atoms with E-state index in [1.54, 1.807) is 54.6 Å². The van der Waals surface area contributed by atoms with Gasteiger partial charge in [0.2, 0.25) is 10.0 Å². The molecule has 126 valence electrons. The lowest BCUT2D eigenvalue weighted by Gasteiger charge is -2.23. The van der Waals surface area contributed by atoms with Crippen molar-refractivity contribution in [1.29, 1.82) is 5.41 Å². The Hall–Kier alpha value is -2.87. The summed E-state index contributed by atoms with van der Waals surface area (Å²) in [5, 5.41) is 7.49. The van der Waals surface area contributed by atoms with E-state index in [0.717, 1.165) is 11.8 Å². The van der Waals surface area contributed by atoms with Crippen molar-refractivity contribution in [2.75, 3.05) is 11.2 Å². The van der Waals surface area contributed by atoms with E-state index in [0.29, 0.717) is 11.3 Å². The average molecular weight is 346 g/mol.